The fourth-order valence-electron chi connectivity index (χ4n) is 3.37. The Labute approximate surface area is 197 Å². The first-order valence-corrected chi connectivity index (χ1v) is 10.9. The number of hydrogen-bond donors (Lipinski definition) is 1. The van der Waals surface area contributed by atoms with Crippen molar-refractivity contribution in [3.05, 3.63) is 110 Å². The highest BCUT2D eigenvalue weighted by Crippen LogP contribution is 2.20. The molecular formula is C24H17BrClN3O3. The van der Waals surface area contributed by atoms with Gasteiger partial charge < -0.3 is 9.88 Å². The molecule has 0 aliphatic carbocycles. The monoisotopic (exact) mass is 509 g/mol. The van der Waals surface area contributed by atoms with Gasteiger partial charge in [-0.25, -0.2) is 0 Å². The van der Waals surface area contributed by atoms with E-state index in [0.29, 0.717) is 26.0 Å². The number of fused-ring (bicyclic) bond motifs is 1. The largest absolute Gasteiger partial charge is 0.350 e. The lowest BCUT2D eigenvalue weighted by Crippen LogP contribution is -2.29. The zero-order chi connectivity index (χ0) is 22.7. The molecule has 1 N–H and O–H groups in total. The van der Waals surface area contributed by atoms with Gasteiger partial charge in [-0.15, -0.1) is 0 Å². The van der Waals surface area contributed by atoms with Gasteiger partial charge in [-0.05, 0) is 42.0 Å². The lowest BCUT2D eigenvalue weighted by Gasteiger charge is -2.14. The molecule has 4 rings (SSSR count). The third-order valence-corrected chi connectivity index (χ3v) is 5.84. The molecule has 6 nitrogen and oxygen atoms in total. The summed E-state index contributed by atoms with van der Waals surface area (Å²) in [5.74, 6) is -0.704. The SMILES string of the molecule is O=C(Cn1cc(C(=O)c2ccncc2)c(=O)c2cc(Br)ccc21)NCc1ccccc1Cl. The normalized spacial score (nSPS) is 10.8. The van der Waals surface area contributed by atoms with Crippen LogP contribution in [-0.4, -0.2) is 21.2 Å². The van der Waals surface area contributed by atoms with Crippen molar-refractivity contribution in [1.29, 1.82) is 0 Å². The zero-order valence-electron chi connectivity index (χ0n) is 16.7. The van der Waals surface area contributed by atoms with Crippen molar-refractivity contribution in [2.75, 3.05) is 0 Å². The van der Waals surface area contributed by atoms with Gasteiger partial charge in [0, 0.05) is 45.6 Å². The van der Waals surface area contributed by atoms with Gasteiger partial charge in [0.25, 0.3) is 0 Å². The number of carbonyl (C=O) groups excluding carboxylic acids is 2. The summed E-state index contributed by atoms with van der Waals surface area (Å²) in [5.41, 5.74) is 1.29. The molecule has 0 fully saturated rings. The Balaban J connectivity index is 1.69. The average Bonchev–Trinajstić information content (AvgIpc) is 2.80. The average molecular weight is 511 g/mol. The first kappa shape index (κ1) is 21.9. The number of nitrogens with zero attached hydrogens (tertiary/aromatic N) is 2. The summed E-state index contributed by atoms with van der Waals surface area (Å²) < 4.78 is 2.31. The molecule has 2 heterocycles. The van der Waals surface area contributed by atoms with Crippen molar-refractivity contribution in [3.8, 4) is 0 Å². The van der Waals surface area contributed by atoms with Crippen molar-refractivity contribution >= 4 is 50.1 Å². The van der Waals surface area contributed by atoms with Gasteiger partial charge in [0.15, 0.2) is 5.78 Å². The minimum absolute atomic E-state index is 0.0132. The van der Waals surface area contributed by atoms with Crippen molar-refractivity contribution in [2.24, 2.45) is 0 Å². The number of rotatable bonds is 6. The molecule has 0 aliphatic heterocycles. The van der Waals surface area contributed by atoms with Crippen LogP contribution >= 0.6 is 27.5 Å². The molecule has 0 radical (unpaired) electrons. The Morgan fingerprint density at radius 3 is 2.56 bits per heavy atom. The summed E-state index contributed by atoms with van der Waals surface area (Å²) in [4.78, 5) is 42.7. The Kier molecular flexibility index (Phi) is 6.48. The van der Waals surface area contributed by atoms with E-state index < -0.39 is 11.2 Å². The molecule has 2 aromatic carbocycles. The first-order chi connectivity index (χ1) is 15.4. The fourth-order valence-corrected chi connectivity index (χ4v) is 3.93. The molecule has 0 aliphatic rings. The predicted octanol–water partition coefficient (Wildman–Crippen LogP) is 4.36. The van der Waals surface area contributed by atoms with Crippen molar-refractivity contribution in [1.82, 2.24) is 14.9 Å². The van der Waals surface area contributed by atoms with E-state index in [-0.39, 0.29) is 24.6 Å². The van der Waals surface area contributed by atoms with Gasteiger partial charge in [-0.1, -0.05) is 45.7 Å². The molecule has 0 atom stereocenters. The number of benzene rings is 2. The second-order valence-corrected chi connectivity index (χ2v) is 8.42. The van der Waals surface area contributed by atoms with Gasteiger partial charge in [0.1, 0.15) is 6.54 Å². The lowest BCUT2D eigenvalue weighted by molar-refractivity contribution is -0.121. The van der Waals surface area contributed by atoms with Crippen LogP contribution in [0.25, 0.3) is 10.9 Å². The van der Waals surface area contributed by atoms with Gasteiger partial charge >= 0.3 is 0 Å². The quantitative estimate of drug-likeness (QED) is 0.391. The van der Waals surface area contributed by atoms with Gasteiger partial charge in [0.05, 0.1) is 11.1 Å². The highest BCUT2D eigenvalue weighted by molar-refractivity contribution is 9.10. The van der Waals surface area contributed by atoms with Crippen LogP contribution in [0.2, 0.25) is 5.02 Å². The third-order valence-electron chi connectivity index (χ3n) is 4.98. The van der Waals surface area contributed by atoms with E-state index >= 15 is 0 Å². The summed E-state index contributed by atoms with van der Waals surface area (Å²) in [6, 6.07) is 15.5. The molecule has 0 unspecified atom stereocenters. The Morgan fingerprint density at radius 1 is 1.06 bits per heavy atom. The smallest absolute Gasteiger partial charge is 0.240 e. The standard InChI is InChI=1S/C24H17BrClN3O3/c25-17-5-6-21-18(11-17)24(32)19(23(31)15-7-9-27-10-8-15)13-29(21)14-22(30)28-12-16-3-1-2-4-20(16)26/h1-11,13H,12,14H2,(H,28,30). The second kappa shape index (κ2) is 9.46. The molecule has 2 aromatic heterocycles. The van der Waals surface area contributed by atoms with E-state index in [0.717, 1.165) is 5.56 Å². The minimum Gasteiger partial charge on any atom is -0.350 e. The Morgan fingerprint density at radius 2 is 1.81 bits per heavy atom. The summed E-state index contributed by atoms with van der Waals surface area (Å²) in [6.07, 6.45) is 4.42. The number of nitrogens with one attached hydrogen (secondary N) is 1. The predicted molar refractivity (Wildman–Crippen MR) is 127 cm³/mol. The molecule has 0 saturated carbocycles. The number of halogens is 2. The number of amides is 1. The van der Waals surface area contributed by atoms with Crippen LogP contribution in [-0.2, 0) is 17.9 Å². The molecule has 0 spiro atoms. The van der Waals surface area contributed by atoms with E-state index in [9.17, 15) is 14.4 Å². The Hall–Kier alpha value is -3.29. The maximum atomic E-state index is 13.1. The Bertz CT molecular complexity index is 1390. The first-order valence-electron chi connectivity index (χ1n) is 9.71. The highest BCUT2D eigenvalue weighted by Gasteiger charge is 2.18. The number of hydrogen-bond acceptors (Lipinski definition) is 4. The molecule has 1 amide bonds. The minimum atomic E-state index is -0.426. The number of carbonyl (C=O) groups is 2. The molecule has 4 aromatic rings. The molecule has 0 bridgehead atoms. The van der Waals surface area contributed by atoms with E-state index in [1.807, 2.05) is 18.2 Å². The van der Waals surface area contributed by atoms with Crippen LogP contribution in [0.3, 0.4) is 0 Å². The molecule has 0 saturated heterocycles. The summed E-state index contributed by atoms with van der Waals surface area (Å²) in [5, 5.41) is 3.75. The molecular weight excluding hydrogens is 494 g/mol. The summed E-state index contributed by atoms with van der Waals surface area (Å²) >= 11 is 9.53. The highest BCUT2D eigenvalue weighted by atomic mass is 79.9. The van der Waals surface area contributed by atoms with Crippen LogP contribution in [0.1, 0.15) is 21.5 Å². The number of aromatic nitrogens is 2. The van der Waals surface area contributed by atoms with Crippen LogP contribution in [0, 0.1) is 0 Å². The van der Waals surface area contributed by atoms with Gasteiger partial charge in [0.2, 0.25) is 11.3 Å². The summed E-state index contributed by atoms with van der Waals surface area (Å²) in [6.45, 7) is 0.199. The second-order valence-electron chi connectivity index (χ2n) is 7.09. The van der Waals surface area contributed by atoms with E-state index in [1.165, 1.54) is 18.6 Å². The van der Waals surface area contributed by atoms with Gasteiger partial charge in [-0.3, -0.25) is 19.4 Å². The molecule has 32 heavy (non-hydrogen) atoms. The van der Waals surface area contributed by atoms with Crippen LogP contribution in [0.5, 0.6) is 0 Å². The topological polar surface area (TPSA) is 81.1 Å². The number of pyridine rings is 2. The van der Waals surface area contributed by atoms with Gasteiger partial charge in [-0.2, -0.15) is 0 Å². The number of ketones is 1. The van der Waals surface area contributed by atoms with Crippen molar-refractivity contribution < 1.29 is 9.59 Å². The third kappa shape index (κ3) is 4.64. The van der Waals surface area contributed by atoms with Crippen LogP contribution < -0.4 is 10.7 Å². The van der Waals surface area contributed by atoms with Crippen LogP contribution in [0.15, 0.2) is 82.5 Å². The fraction of sp³-hybridized carbons (Fsp3) is 0.0833. The maximum Gasteiger partial charge on any atom is 0.240 e. The maximum absolute atomic E-state index is 13.1. The van der Waals surface area contributed by atoms with E-state index in [1.54, 1.807) is 41.0 Å². The van der Waals surface area contributed by atoms with Crippen molar-refractivity contribution in [2.45, 2.75) is 13.1 Å². The molecule has 8 heteroatoms. The van der Waals surface area contributed by atoms with Crippen LogP contribution in [0.4, 0.5) is 0 Å². The lowest BCUT2D eigenvalue weighted by atomic mass is 10.0. The molecule has 160 valence electrons. The summed E-state index contributed by atoms with van der Waals surface area (Å²) in [7, 11) is 0. The van der Waals surface area contributed by atoms with E-state index in [4.69, 9.17) is 11.6 Å². The zero-order valence-corrected chi connectivity index (χ0v) is 19.1. The van der Waals surface area contributed by atoms with Crippen molar-refractivity contribution in [3.63, 3.8) is 0 Å². The van der Waals surface area contributed by atoms with E-state index in [2.05, 4.69) is 26.2 Å².